The third kappa shape index (κ3) is 5.46. The maximum atomic E-state index is 12.8. The van der Waals surface area contributed by atoms with Crippen molar-refractivity contribution in [3.8, 4) is 22.6 Å². The molecule has 0 spiro atoms. The first-order chi connectivity index (χ1) is 16.9. The number of aryl methyl sites for hydroxylation is 2. The van der Waals surface area contributed by atoms with Crippen LogP contribution in [-0.2, 0) is 14.3 Å². The molecule has 0 saturated carbocycles. The van der Waals surface area contributed by atoms with Crippen molar-refractivity contribution in [2.45, 2.75) is 20.8 Å². The van der Waals surface area contributed by atoms with Gasteiger partial charge in [0.05, 0.1) is 12.2 Å². The van der Waals surface area contributed by atoms with Crippen LogP contribution in [0.2, 0.25) is 0 Å². The monoisotopic (exact) mass is 495 g/mol. The van der Waals surface area contributed by atoms with Crippen molar-refractivity contribution in [1.29, 1.82) is 0 Å². The SMILES string of the molecule is CCOC(=O)c1c(NC(=O)COC(=O)c2ccc3c(c2)OCCO3)sc(C)c1-c1ccc(C)cc1. The summed E-state index contributed by atoms with van der Waals surface area (Å²) in [4.78, 5) is 38.7. The molecule has 182 valence electrons. The van der Waals surface area contributed by atoms with Crippen LogP contribution in [0.1, 0.15) is 38.1 Å². The van der Waals surface area contributed by atoms with E-state index in [9.17, 15) is 14.4 Å². The molecular weight excluding hydrogens is 470 g/mol. The maximum Gasteiger partial charge on any atom is 0.341 e. The first kappa shape index (κ1) is 24.3. The van der Waals surface area contributed by atoms with Gasteiger partial charge in [0.15, 0.2) is 18.1 Å². The summed E-state index contributed by atoms with van der Waals surface area (Å²) >= 11 is 1.26. The summed E-state index contributed by atoms with van der Waals surface area (Å²) in [7, 11) is 0. The summed E-state index contributed by atoms with van der Waals surface area (Å²) in [6.45, 7) is 6.08. The van der Waals surface area contributed by atoms with E-state index in [4.69, 9.17) is 18.9 Å². The molecule has 0 atom stereocenters. The summed E-state index contributed by atoms with van der Waals surface area (Å²) in [5.74, 6) is -0.777. The average Bonchev–Trinajstić information content (AvgIpc) is 3.18. The largest absolute Gasteiger partial charge is 0.486 e. The highest BCUT2D eigenvalue weighted by Gasteiger charge is 2.26. The topological polar surface area (TPSA) is 100 Å². The van der Waals surface area contributed by atoms with E-state index in [2.05, 4.69) is 5.32 Å². The molecule has 8 nitrogen and oxygen atoms in total. The number of anilines is 1. The number of thiophene rings is 1. The fourth-order valence-corrected chi connectivity index (χ4v) is 4.73. The first-order valence-electron chi connectivity index (χ1n) is 11.1. The Hall–Kier alpha value is -3.85. The van der Waals surface area contributed by atoms with Gasteiger partial charge in [-0.1, -0.05) is 29.8 Å². The van der Waals surface area contributed by atoms with E-state index in [1.165, 1.54) is 17.4 Å². The molecule has 0 radical (unpaired) electrons. The maximum absolute atomic E-state index is 12.8. The van der Waals surface area contributed by atoms with Gasteiger partial charge in [-0.05, 0) is 44.5 Å². The van der Waals surface area contributed by atoms with E-state index in [1.807, 2.05) is 38.1 Å². The molecule has 35 heavy (non-hydrogen) atoms. The lowest BCUT2D eigenvalue weighted by Gasteiger charge is -2.18. The zero-order chi connectivity index (χ0) is 24.9. The Bertz CT molecular complexity index is 1260. The van der Waals surface area contributed by atoms with E-state index < -0.39 is 24.5 Å². The second-order valence-electron chi connectivity index (χ2n) is 7.81. The Balaban J connectivity index is 1.49. The number of ether oxygens (including phenoxy) is 4. The average molecular weight is 496 g/mol. The lowest BCUT2D eigenvalue weighted by molar-refractivity contribution is -0.119. The predicted octanol–water partition coefficient (Wildman–Crippen LogP) is 4.78. The highest BCUT2D eigenvalue weighted by atomic mass is 32.1. The van der Waals surface area contributed by atoms with Gasteiger partial charge in [0.1, 0.15) is 23.8 Å². The molecule has 3 aromatic rings. The Morgan fingerprint density at radius 1 is 0.943 bits per heavy atom. The molecule has 1 aliphatic rings. The van der Waals surface area contributed by atoms with Crippen LogP contribution in [0.5, 0.6) is 11.5 Å². The summed E-state index contributed by atoms with van der Waals surface area (Å²) in [5.41, 5.74) is 3.16. The number of benzene rings is 2. The van der Waals surface area contributed by atoms with Crippen LogP contribution in [0.15, 0.2) is 42.5 Å². The second kappa shape index (κ2) is 10.6. The molecule has 0 fully saturated rings. The van der Waals surface area contributed by atoms with Gasteiger partial charge in [0.2, 0.25) is 0 Å². The van der Waals surface area contributed by atoms with Crippen molar-refractivity contribution < 1.29 is 33.3 Å². The normalized spacial score (nSPS) is 12.1. The fourth-order valence-electron chi connectivity index (χ4n) is 3.65. The molecular formula is C26H25NO7S. The van der Waals surface area contributed by atoms with Gasteiger partial charge in [-0.15, -0.1) is 11.3 Å². The fraction of sp³-hybridized carbons (Fsp3) is 0.269. The zero-order valence-corrected chi connectivity index (χ0v) is 20.5. The quantitative estimate of drug-likeness (QED) is 0.471. The highest BCUT2D eigenvalue weighted by Crippen LogP contribution is 2.40. The van der Waals surface area contributed by atoms with Gasteiger partial charge in [-0.25, -0.2) is 9.59 Å². The Morgan fingerprint density at radius 2 is 1.66 bits per heavy atom. The van der Waals surface area contributed by atoms with Crippen LogP contribution in [0.4, 0.5) is 5.00 Å². The van der Waals surface area contributed by atoms with Crippen molar-refractivity contribution in [3.05, 3.63) is 64.0 Å². The van der Waals surface area contributed by atoms with Gasteiger partial charge in [-0.2, -0.15) is 0 Å². The summed E-state index contributed by atoms with van der Waals surface area (Å²) < 4.78 is 21.4. The lowest BCUT2D eigenvalue weighted by Crippen LogP contribution is -2.22. The Kier molecular flexibility index (Phi) is 7.36. The Labute approximate surface area is 206 Å². The minimum absolute atomic E-state index is 0.196. The molecule has 1 amide bonds. The van der Waals surface area contributed by atoms with E-state index in [1.54, 1.807) is 19.1 Å². The number of amides is 1. The van der Waals surface area contributed by atoms with Gasteiger partial charge >= 0.3 is 11.9 Å². The highest BCUT2D eigenvalue weighted by molar-refractivity contribution is 7.17. The number of nitrogens with one attached hydrogen (secondary N) is 1. The first-order valence-corrected chi connectivity index (χ1v) is 11.9. The number of esters is 2. The minimum Gasteiger partial charge on any atom is -0.486 e. The summed E-state index contributed by atoms with van der Waals surface area (Å²) in [6, 6.07) is 12.4. The number of hydrogen-bond donors (Lipinski definition) is 1. The number of fused-ring (bicyclic) bond motifs is 1. The van der Waals surface area contributed by atoms with Crippen LogP contribution in [0.3, 0.4) is 0 Å². The number of carbonyl (C=O) groups excluding carboxylic acids is 3. The van der Waals surface area contributed by atoms with Gasteiger partial charge in [0, 0.05) is 10.4 Å². The summed E-state index contributed by atoms with van der Waals surface area (Å²) in [5, 5.41) is 3.05. The van der Waals surface area contributed by atoms with Crippen LogP contribution < -0.4 is 14.8 Å². The standard InChI is InChI=1S/C26H25NO7S/c1-4-31-26(30)23-22(17-7-5-15(2)6-8-17)16(3)35-24(23)27-21(28)14-34-25(29)18-9-10-19-20(13-18)33-12-11-32-19/h5-10,13H,4,11-12,14H2,1-3H3,(H,27,28). The van der Waals surface area contributed by atoms with Crippen LogP contribution >= 0.6 is 11.3 Å². The Morgan fingerprint density at radius 3 is 2.37 bits per heavy atom. The smallest absolute Gasteiger partial charge is 0.341 e. The van der Waals surface area contributed by atoms with Crippen molar-refractivity contribution in [2.24, 2.45) is 0 Å². The molecule has 4 rings (SSSR count). The second-order valence-corrected chi connectivity index (χ2v) is 9.03. The van der Waals surface area contributed by atoms with E-state index >= 15 is 0 Å². The van der Waals surface area contributed by atoms with Crippen LogP contribution in [0, 0.1) is 13.8 Å². The van der Waals surface area contributed by atoms with Crippen molar-refractivity contribution >= 4 is 34.2 Å². The molecule has 1 aliphatic heterocycles. The van der Waals surface area contributed by atoms with E-state index in [0.29, 0.717) is 35.3 Å². The van der Waals surface area contributed by atoms with Gasteiger partial charge in [-0.3, -0.25) is 4.79 Å². The third-order valence-electron chi connectivity index (χ3n) is 5.27. The van der Waals surface area contributed by atoms with Crippen molar-refractivity contribution in [3.63, 3.8) is 0 Å². The molecule has 0 saturated heterocycles. The van der Waals surface area contributed by atoms with Crippen LogP contribution in [0.25, 0.3) is 11.1 Å². The van der Waals surface area contributed by atoms with E-state index in [-0.39, 0.29) is 17.7 Å². The molecule has 2 aromatic carbocycles. The van der Waals surface area contributed by atoms with Gasteiger partial charge in [0.25, 0.3) is 5.91 Å². The molecule has 9 heteroatoms. The van der Waals surface area contributed by atoms with Crippen LogP contribution in [-0.4, -0.2) is 44.3 Å². The molecule has 2 heterocycles. The minimum atomic E-state index is -0.676. The number of hydrogen-bond acceptors (Lipinski definition) is 8. The molecule has 1 aromatic heterocycles. The molecule has 1 N–H and O–H groups in total. The number of rotatable bonds is 7. The molecule has 0 bridgehead atoms. The van der Waals surface area contributed by atoms with Crippen molar-refractivity contribution in [1.82, 2.24) is 0 Å². The van der Waals surface area contributed by atoms with Crippen molar-refractivity contribution in [2.75, 3.05) is 31.7 Å². The lowest BCUT2D eigenvalue weighted by atomic mass is 10.0. The van der Waals surface area contributed by atoms with Gasteiger partial charge < -0.3 is 24.3 Å². The molecule has 0 unspecified atom stereocenters. The number of carbonyl (C=O) groups is 3. The summed E-state index contributed by atoms with van der Waals surface area (Å²) in [6.07, 6.45) is 0. The zero-order valence-electron chi connectivity index (χ0n) is 19.6. The third-order valence-corrected chi connectivity index (χ3v) is 6.29. The molecule has 0 aliphatic carbocycles. The predicted molar refractivity (Wildman–Crippen MR) is 132 cm³/mol. The van der Waals surface area contributed by atoms with E-state index in [0.717, 1.165) is 16.0 Å².